The van der Waals surface area contributed by atoms with E-state index in [4.69, 9.17) is 0 Å². The Morgan fingerprint density at radius 3 is 2.50 bits per heavy atom. The number of aryl methyl sites for hydroxylation is 1. The van der Waals surface area contributed by atoms with Crippen molar-refractivity contribution in [2.75, 3.05) is 6.26 Å². The number of carboxylic acid groups (broad SMARTS) is 1. The Balaban J connectivity index is 2.48. The number of pyridine rings is 2. The van der Waals surface area contributed by atoms with Gasteiger partial charge in [0.05, 0.1) is 27.2 Å². The maximum Gasteiger partial charge on any atom is 0.338 e. The van der Waals surface area contributed by atoms with Gasteiger partial charge in [0.2, 0.25) is 0 Å². The molecule has 0 bridgehead atoms. The van der Waals surface area contributed by atoms with Crippen LogP contribution in [0.3, 0.4) is 0 Å². The number of sulfone groups is 1. The molecule has 0 unspecified atom stereocenters. The average molecular weight is 342 g/mol. The molecule has 0 aliphatic carbocycles. The predicted octanol–water partition coefficient (Wildman–Crippen LogP) is 2.71. The first-order chi connectivity index (χ1) is 11.3. The highest BCUT2D eigenvalue weighted by Gasteiger charge is 2.24. The SMILES string of the molecule is Cc1c(C(=O)O)c(-c2ccccc2S(C)(=O)=O)nc2cccnc12. The quantitative estimate of drug-likeness (QED) is 0.786. The third-order valence-electron chi connectivity index (χ3n) is 3.74. The van der Waals surface area contributed by atoms with Crippen LogP contribution in [0.15, 0.2) is 47.5 Å². The Morgan fingerprint density at radius 2 is 1.83 bits per heavy atom. The van der Waals surface area contributed by atoms with Crippen molar-refractivity contribution in [2.45, 2.75) is 11.8 Å². The van der Waals surface area contributed by atoms with E-state index in [1.165, 1.54) is 6.07 Å². The smallest absolute Gasteiger partial charge is 0.338 e. The molecule has 2 heterocycles. The van der Waals surface area contributed by atoms with E-state index in [0.717, 1.165) is 6.26 Å². The van der Waals surface area contributed by atoms with E-state index in [0.29, 0.717) is 16.6 Å². The molecule has 0 aliphatic rings. The summed E-state index contributed by atoms with van der Waals surface area (Å²) in [7, 11) is -3.54. The lowest BCUT2D eigenvalue weighted by Gasteiger charge is -2.13. The molecule has 24 heavy (non-hydrogen) atoms. The van der Waals surface area contributed by atoms with Crippen molar-refractivity contribution in [3.8, 4) is 11.3 Å². The molecule has 0 radical (unpaired) electrons. The van der Waals surface area contributed by atoms with Crippen LogP contribution in [0, 0.1) is 6.92 Å². The molecule has 6 nitrogen and oxygen atoms in total. The van der Waals surface area contributed by atoms with Crippen molar-refractivity contribution in [1.82, 2.24) is 9.97 Å². The summed E-state index contributed by atoms with van der Waals surface area (Å²) in [6, 6.07) is 9.67. The summed E-state index contributed by atoms with van der Waals surface area (Å²) in [5, 5.41) is 9.64. The van der Waals surface area contributed by atoms with Gasteiger partial charge in [-0.25, -0.2) is 18.2 Å². The van der Waals surface area contributed by atoms with Gasteiger partial charge < -0.3 is 5.11 Å². The molecule has 3 aromatic rings. The van der Waals surface area contributed by atoms with Crippen LogP contribution in [0.5, 0.6) is 0 Å². The third-order valence-corrected chi connectivity index (χ3v) is 4.90. The second-order valence-electron chi connectivity index (χ2n) is 5.41. The van der Waals surface area contributed by atoms with Crippen molar-refractivity contribution in [1.29, 1.82) is 0 Å². The maximum absolute atomic E-state index is 12.1. The second-order valence-corrected chi connectivity index (χ2v) is 7.39. The number of aromatic carboxylic acids is 1. The van der Waals surface area contributed by atoms with Crippen LogP contribution < -0.4 is 0 Å². The molecule has 0 fully saturated rings. The van der Waals surface area contributed by atoms with Gasteiger partial charge in [0.25, 0.3) is 0 Å². The van der Waals surface area contributed by atoms with Crippen molar-refractivity contribution < 1.29 is 18.3 Å². The number of aromatic nitrogens is 2. The van der Waals surface area contributed by atoms with Crippen molar-refractivity contribution in [3.63, 3.8) is 0 Å². The summed E-state index contributed by atoms with van der Waals surface area (Å²) in [6.45, 7) is 1.65. The Morgan fingerprint density at radius 1 is 1.12 bits per heavy atom. The highest BCUT2D eigenvalue weighted by Crippen LogP contribution is 2.32. The van der Waals surface area contributed by atoms with E-state index < -0.39 is 15.8 Å². The minimum absolute atomic E-state index is 0.0441. The van der Waals surface area contributed by atoms with Gasteiger partial charge in [0.15, 0.2) is 9.84 Å². The normalized spacial score (nSPS) is 11.6. The summed E-state index contributed by atoms with van der Waals surface area (Å²) < 4.78 is 24.1. The second kappa shape index (κ2) is 5.68. The zero-order valence-electron chi connectivity index (χ0n) is 13.0. The Labute approximate surface area is 138 Å². The zero-order chi connectivity index (χ0) is 17.5. The molecule has 0 atom stereocenters. The van der Waals surface area contributed by atoms with Crippen LogP contribution in [-0.4, -0.2) is 35.7 Å². The van der Waals surface area contributed by atoms with Crippen LogP contribution in [0.2, 0.25) is 0 Å². The summed E-state index contributed by atoms with van der Waals surface area (Å²) >= 11 is 0. The number of carboxylic acids is 1. The molecule has 0 saturated heterocycles. The number of hydrogen-bond donors (Lipinski definition) is 1. The molecule has 1 N–H and O–H groups in total. The van der Waals surface area contributed by atoms with Gasteiger partial charge in [0, 0.05) is 18.0 Å². The van der Waals surface area contributed by atoms with Gasteiger partial charge in [-0.3, -0.25) is 4.98 Å². The first kappa shape index (κ1) is 16.1. The summed E-state index contributed by atoms with van der Waals surface area (Å²) in [5.41, 5.74) is 1.80. The van der Waals surface area contributed by atoms with E-state index in [1.807, 2.05) is 0 Å². The largest absolute Gasteiger partial charge is 0.478 e. The lowest BCUT2D eigenvalue weighted by molar-refractivity contribution is 0.0696. The van der Waals surface area contributed by atoms with Crippen LogP contribution in [-0.2, 0) is 9.84 Å². The topological polar surface area (TPSA) is 97.2 Å². The monoisotopic (exact) mass is 342 g/mol. The molecular formula is C17H14N2O4S. The molecule has 7 heteroatoms. The molecule has 1 aromatic carbocycles. The minimum atomic E-state index is -3.54. The molecule has 2 aromatic heterocycles. The average Bonchev–Trinajstić information content (AvgIpc) is 2.53. The van der Waals surface area contributed by atoms with Crippen LogP contribution in [0.1, 0.15) is 15.9 Å². The molecular weight excluding hydrogens is 328 g/mol. The van der Waals surface area contributed by atoms with Crippen molar-refractivity contribution in [3.05, 3.63) is 53.7 Å². The van der Waals surface area contributed by atoms with E-state index in [2.05, 4.69) is 9.97 Å². The van der Waals surface area contributed by atoms with Gasteiger partial charge in [-0.2, -0.15) is 0 Å². The first-order valence-corrected chi connectivity index (χ1v) is 8.98. The number of benzene rings is 1. The lowest BCUT2D eigenvalue weighted by atomic mass is 10.00. The number of fused-ring (bicyclic) bond motifs is 1. The fourth-order valence-corrected chi connectivity index (χ4v) is 3.58. The molecule has 122 valence electrons. The fourth-order valence-electron chi connectivity index (χ4n) is 2.69. The van der Waals surface area contributed by atoms with Gasteiger partial charge in [-0.1, -0.05) is 18.2 Å². The minimum Gasteiger partial charge on any atom is -0.478 e. The van der Waals surface area contributed by atoms with Crippen molar-refractivity contribution >= 4 is 26.8 Å². The number of rotatable bonds is 3. The standard InChI is InChI=1S/C17H14N2O4S/c1-10-14(17(20)21)16(19-12-7-5-9-18-15(10)12)11-6-3-4-8-13(11)24(2,22)23/h3-9H,1-2H3,(H,20,21). The zero-order valence-corrected chi connectivity index (χ0v) is 13.8. The molecule has 0 amide bonds. The molecule has 3 rings (SSSR count). The Bertz CT molecular complexity index is 1080. The van der Waals surface area contributed by atoms with Gasteiger partial charge >= 0.3 is 5.97 Å². The number of hydrogen-bond acceptors (Lipinski definition) is 5. The van der Waals surface area contributed by atoms with E-state index in [9.17, 15) is 18.3 Å². The van der Waals surface area contributed by atoms with E-state index in [-0.39, 0.29) is 21.7 Å². The van der Waals surface area contributed by atoms with Gasteiger partial charge in [-0.05, 0) is 30.7 Å². The molecule has 0 spiro atoms. The van der Waals surface area contributed by atoms with E-state index >= 15 is 0 Å². The summed E-state index contributed by atoms with van der Waals surface area (Å²) in [6.07, 6.45) is 2.65. The van der Waals surface area contributed by atoms with Gasteiger partial charge in [0.1, 0.15) is 0 Å². The van der Waals surface area contributed by atoms with Crippen LogP contribution in [0.4, 0.5) is 0 Å². The maximum atomic E-state index is 12.1. The van der Waals surface area contributed by atoms with E-state index in [1.54, 1.807) is 43.5 Å². The fraction of sp³-hybridized carbons (Fsp3) is 0.118. The summed E-state index contributed by atoms with van der Waals surface area (Å²) in [5.74, 6) is -1.18. The van der Waals surface area contributed by atoms with Crippen LogP contribution >= 0.6 is 0 Å². The van der Waals surface area contributed by atoms with Crippen molar-refractivity contribution in [2.24, 2.45) is 0 Å². The Hall–Kier alpha value is -2.80. The highest BCUT2D eigenvalue weighted by molar-refractivity contribution is 7.90. The summed E-state index contributed by atoms with van der Waals surface area (Å²) in [4.78, 5) is 20.4. The molecule has 0 aliphatic heterocycles. The third kappa shape index (κ3) is 2.63. The number of carbonyl (C=O) groups is 1. The lowest BCUT2D eigenvalue weighted by Crippen LogP contribution is -2.09. The predicted molar refractivity (Wildman–Crippen MR) is 89.8 cm³/mol. The first-order valence-electron chi connectivity index (χ1n) is 7.09. The highest BCUT2D eigenvalue weighted by atomic mass is 32.2. The number of nitrogens with zero attached hydrogens (tertiary/aromatic N) is 2. The molecule has 0 saturated carbocycles. The Kier molecular flexibility index (Phi) is 3.81. The van der Waals surface area contributed by atoms with Crippen LogP contribution in [0.25, 0.3) is 22.3 Å². The van der Waals surface area contributed by atoms with Gasteiger partial charge in [-0.15, -0.1) is 0 Å².